The Hall–Kier alpha value is -2.10. The topological polar surface area (TPSA) is 82.5 Å². The summed E-state index contributed by atoms with van der Waals surface area (Å²) in [7, 11) is 0. The molecule has 3 fully saturated rings. The summed E-state index contributed by atoms with van der Waals surface area (Å²) >= 11 is 2.26. The zero-order valence-corrected chi connectivity index (χ0v) is 23.7. The molecule has 36 heavy (non-hydrogen) atoms. The molecule has 2 unspecified atom stereocenters. The molecule has 0 aliphatic heterocycles. The summed E-state index contributed by atoms with van der Waals surface area (Å²) in [6.45, 7) is 7.20. The second-order valence-electron chi connectivity index (χ2n) is 11.7. The highest BCUT2D eigenvalue weighted by Gasteiger charge is 2.46. The molecular weight excluding hydrogens is 569 g/mol. The van der Waals surface area contributed by atoms with Gasteiger partial charge in [0, 0.05) is 18.5 Å². The van der Waals surface area contributed by atoms with Crippen molar-refractivity contribution in [1.29, 1.82) is 0 Å². The Balaban J connectivity index is 1.26. The lowest BCUT2D eigenvalue weighted by molar-refractivity contribution is 0.0487. The number of hydrogen-bond donors (Lipinski definition) is 1. The van der Waals surface area contributed by atoms with Crippen molar-refractivity contribution in [2.24, 2.45) is 11.8 Å². The van der Waals surface area contributed by atoms with Crippen LogP contribution >= 0.6 is 22.6 Å². The number of aromatic nitrogens is 2. The maximum absolute atomic E-state index is 12.6. The lowest BCUT2D eigenvalue weighted by Gasteiger charge is -2.30. The minimum Gasteiger partial charge on any atom is -0.490 e. The van der Waals surface area contributed by atoms with E-state index in [9.17, 15) is 9.59 Å². The first-order chi connectivity index (χ1) is 17.1. The van der Waals surface area contributed by atoms with Gasteiger partial charge in [-0.05, 0) is 124 Å². The third kappa shape index (κ3) is 5.73. The van der Waals surface area contributed by atoms with Crippen molar-refractivity contribution in [1.82, 2.24) is 15.1 Å². The quantitative estimate of drug-likeness (QED) is 0.299. The van der Waals surface area contributed by atoms with E-state index in [1.165, 1.54) is 19.3 Å². The Morgan fingerprint density at radius 3 is 2.25 bits per heavy atom. The number of nitrogens with zero attached hydrogens (tertiary/aromatic N) is 2. The lowest BCUT2D eigenvalue weighted by atomic mass is 9.91. The first-order valence-corrected chi connectivity index (χ1v) is 14.2. The van der Waals surface area contributed by atoms with Crippen molar-refractivity contribution >= 4 is 34.5 Å². The van der Waals surface area contributed by atoms with E-state index in [2.05, 4.69) is 27.9 Å². The largest absolute Gasteiger partial charge is 0.490 e. The third-order valence-electron chi connectivity index (χ3n) is 7.58. The number of carbonyl (C=O) groups excluding carboxylic acids is 2. The highest BCUT2D eigenvalue weighted by atomic mass is 127. The summed E-state index contributed by atoms with van der Waals surface area (Å²) in [5, 5.41) is 7.94. The van der Waals surface area contributed by atoms with Gasteiger partial charge >= 0.3 is 6.09 Å². The first-order valence-electron chi connectivity index (χ1n) is 13.1. The van der Waals surface area contributed by atoms with Crippen molar-refractivity contribution in [3.63, 3.8) is 0 Å². The van der Waals surface area contributed by atoms with Crippen LogP contribution in [0.4, 0.5) is 4.79 Å². The van der Waals surface area contributed by atoms with Gasteiger partial charge in [0.05, 0.1) is 15.7 Å². The monoisotopic (exact) mass is 605 g/mol. The number of halogens is 1. The average Bonchev–Trinajstić information content (AvgIpc) is 3.25. The van der Waals surface area contributed by atoms with E-state index < -0.39 is 5.60 Å². The van der Waals surface area contributed by atoms with Crippen molar-refractivity contribution in [2.45, 2.75) is 96.4 Å². The summed E-state index contributed by atoms with van der Waals surface area (Å²) < 4.78 is 14.4. The van der Waals surface area contributed by atoms with Crippen molar-refractivity contribution in [3.05, 3.63) is 33.5 Å². The highest BCUT2D eigenvalue weighted by molar-refractivity contribution is 14.1. The molecule has 194 valence electrons. The first kappa shape index (κ1) is 25.5. The number of carbonyl (C=O) groups is 2. The molecule has 0 spiro atoms. The summed E-state index contributed by atoms with van der Waals surface area (Å²) in [4.78, 5) is 24.8. The van der Waals surface area contributed by atoms with E-state index in [1.54, 1.807) is 6.92 Å². The van der Waals surface area contributed by atoms with Crippen LogP contribution in [0.5, 0.6) is 5.75 Å². The molecule has 3 aliphatic carbocycles. The fourth-order valence-corrected chi connectivity index (χ4v) is 6.80. The molecule has 1 aromatic heterocycles. The van der Waals surface area contributed by atoms with Crippen LogP contribution in [0, 0.1) is 15.4 Å². The molecule has 2 aromatic rings. The number of alkyl carbamates (subject to hydrolysis) is 1. The van der Waals surface area contributed by atoms with Gasteiger partial charge in [-0.15, -0.1) is 0 Å². The summed E-state index contributed by atoms with van der Waals surface area (Å²) in [6, 6.07) is 8.34. The van der Waals surface area contributed by atoms with Crippen molar-refractivity contribution in [2.75, 3.05) is 0 Å². The van der Waals surface area contributed by atoms with Crippen LogP contribution in [-0.2, 0) is 4.74 Å². The zero-order valence-electron chi connectivity index (χ0n) is 21.6. The van der Waals surface area contributed by atoms with Gasteiger partial charge in [-0.3, -0.25) is 9.48 Å². The van der Waals surface area contributed by atoms with Gasteiger partial charge in [-0.1, -0.05) is 0 Å². The third-order valence-corrected chi connectivity index (χ3v) is 8.60. The average molecular weight is 606 g/mol. The van der Waals surface area contributed by atoms with Crippen LogP contribution < -0.4 is 10.1 Å². The molecule has 0 bridgehead atoms. The maximum Gasteiger partial charge on any atom is 0.407 e. The Morgan fingerprint density at radius 1 is 1.03 bits per heavy atom. The van der Waals surface area contributed by atoms with Gasteiger partial charge in [0.2, 0.25) is 0 Å². The molecule has 8 heteroatoms. The van der Waals surface area contributed by atoms with E-state index in [-0.39, 0.29) is 24.0 Å². The number of Topliss-reactive ketones (excluding diaryl/α,β-unsaturated/α-hetero) is 1. The Morgan fingerprint density at radius 2 is 1.67 bits per heavy atom. The molecule has 1 N–H and O–H groups in total. The fraction of sp³-hybridized carbons (Fsp3) is 0.607. The van der Waals surface area contributed by atoms with Crippen molar-refractivity contribution in [3.8, 4) is 17.0 Å². The smallest absolute Gasteiger partial charge is 0.407 e. The minimum absolute atomic E-state index is 0.0203. The summed E-state index contributed by atoms with van der Waals surface area (Å²) in [5.41, 5.74) is 1.98. The molecule has 1 heterocycles. The Bertz CT molecular complexity index is 1120. The SMILES string of the molecule is CC(=O)c1c(I)c(-c2ccc(OC3CC4CC4C3)cc2)nn1[C@H]1CC[C@@H](NC(=O)OC(C)(C)C)CC1. The van der Waals surface area contributed by atoms with Gasteiger partial charge in [-0.25, -0.2) is 4.79 Å². The molecule has 0 saturated heterocycles. The molecule has 2 atom stereocenters. The summed E-state index contributed by atoms with van der Waals surface area (Å²) in [6.07, 6.45) is 7.07. The van der Waals surface area contributed by atoms with Gasteiger partial charge in [0.15, 0.2) is 5.78 Å². The van der Waals surface area contributed by atoms with E-state index in [4.69, 9.17) is 14.6 Å². The molecule has 7 nitrogen and oxygen atoms in total. The number of hydrogen-bond acceptors (Lipinski definition) is 5. The van der Waals surface area contributed by atoms with Crippen LogP contribution in [0.25, 0.3) is 11.3 Å². The van der Waals surface area contributed by atoms with Crippen LogP contribution in [0.2, 0.25) is 0 Å². The Labute approximate surface area is 226 Å². The molecule has 3 aliphatic rings. The van der Waals surface area contributed by atoms with E-state index >= 15 is 0 Å². The van der Waals surface area contributed by atoms with Gasteiger partial charge in [-0.2, -0.15) is 5.10 Å². The number of amides is 1. The van der Waals surface area contributed by atoms with E-state index in [0.717, 1.165) is 58.1 Å². The number of rotatable bonds is 6. The molecule has 5 rings (SSSR count). The number of benzene rings is 1. The lowest BCUT2D eigenvalue weighted by Crippen LogP contribution is -2.41. The van der Waals surface area contributed by atoms with E-state index in [1.807, 2.05) is 49.7 Å². The second-order valence-corrected chi connectivity index (χ2v) is 12.7. The van der Waals surface area contributed by atoms with Gasteiger partial charge < -0.3 is 14.8 Å². The van der Waals surface area contributed by atoms with Gasteiger partial charge in [0.1, 0.15) is 22.7 Å². The fourth-order valence-electron chi connectivity index (χ4n) is 5.76. The number of ether oxygens (including phenoxy) is 2. The molecular formula is C28H36IN3O4. The number of fused-ring (bicyclic) bond motifs is 1. The second kappa shape index (κ2) is 9.99. The van der Waals surface area contributed by atoms with Crippen molar-refractivity contribution < 1.29 is 19.1 Å². The molecule has 1 aromatic carbocycles. The predicted octanol–water partition coefficient (Wildman–Crippen LogP) is 6.54. The van der Waals surface area contributed by atoms with Crippen LogP contribution in [0.1, 0.15) is 89.2 Å². The summed E-state index contributed by atoms with van der Waals surface area (Å²) in [5.74, 6) is 2.72. The Kier molecular flexibility index (Phi) is 7.09. The van der Waals surface area contributed by atoms with Gasteiger partial charge in [0.25, 0.3) is 0 Å². The minimum atomic E-state index is -0.513. The molecule has 3 saturated carbocycles. The maximum atomic E-state index is 12.6. The van der Waals surface area contributed by atoms with Crippen LogP contribution in [-0.4, -0.2) is 39.4 Å². The number of nitrogens with one attached hydrogen (secondary N) is 1. The van der Waals surface area contributed by atoms with E-state index in [0.29, 0.717) is 11.8 Å². The normalized spacial score (nSPS) is 27.3. The van der Waals surface area contributed by atoms with Crippen LogP contribution in [0.15, 0.2) is 24.3 Å². The molecule has 1 amide bonds. The van der Waals surface area contributed by atoms with Crippen LogP contribution in [0.3, 0.4) is 0 Å². The predicted molar refractivity (Wildman–Crippen MR) is 146 cm³/mol. The number of ketones is 1. The molecule has 0 radical (unpaired) electrons. The standard InChI is InChI=1S/C28H36IN3O4/c1-16(33)26-24(29)25(17-5-11-22(12-6-17)35-23-14-18-13-19(18)15-23)31-32(26)21-9-7-20(8-10-21)30-27(34)36-28(2,3)4/h5-6,11-12,18-21,23H,7-10,13-15H2,1-4H3,(H,30,34)/t18?,19?,20-,21+,23?. The highest BCUT2D eigenvalue weighted by Crippen LogP contribution is 2.52. The zero-order chi connectivity index (χ0) is 25.6.